The van der Waals surface area contributed by atoms with Crippen LogP contribution < -0.4 is 10.1 Å². The molecule has 0 aliphatic carbocycles. The number of aromatic nitrogens is 2. The molecule has 0 radical (unpaired) electrons. The van der Waals surface area contributed by atoms with Gasteiger partial charge in [0.15, 0.2) is 17.4 Å². The van der Waals surface area contributed by atoms with Gasteiger partial charge in [0, 0.05) is 29.9 Å². The fourth-order valence-corrected chi connectivity index (χ4v) is 2.94. The van der Waals surface area contributed by atoms with E-state index in [2.05, 4.69) is 10.4 Å². The van der Waals surface area contributed by atoms with E-state index >= 15 is 0 Å². The lowest BCUT2D eigenvalue weighted by Crippen LogP contribution is -2.18. The number of nitrogens with zero attached hydrogens (tertiary/aromatic N) is 2. The first-order chi connectivity index (χ1) is 12.9. The average molecular weight is 375 g/mol. The zero-order chi connectivity index (χ0) is 19.6. The van der Waals surface area contributed by atoms with Crippen molar-refractivity contribution >= 4 is 0 Å². The standard InChI is InChI=1S/C20H20F3N3O/c1-12(24-10-14-4-6-17(22)20(8-14)27-3)16-11-25-26(13(16)2)19-7-5-15(21)9-18(19)23/h4-9,11-12,24H,10H2,1-3H3/t12-/m1/s1. The SMILES string of the molecule is COc1cc(CN[C@H](C)c2cnn(-c3ccc(F)cc3F)c2C)ccc1F. The van der Waals surface area contributed by atoms with Gasteiger partial charge in [-0.2, -0.15) is 5.10 Å². The molecule has 1 aromatic heterocycles. The quantitative estimate of drug-likeness (QED) is 0.692. The van der Waals surface area contributed by atoms with Crippen LogP contribution in [0.1, 0.15) is 29.8 Å². The van der Waals surface area contributed by atoms with Crippen LogP contribution in [-0.2, 0) is 6.54 Å². The van der Waals surface area contributed by atoms with E-state index in [4.69, 9.17) is 4.74 Å². The van der Waals surface area contributed by atoms with E-state index < -0.39 is 17.5 Å². The summed E-state index contributed by atoms with van der Waals surface area (Å²) in [4.78, 5) is 0. The first-order valence-corrected chi connectivity index (χ1v) is 8.46. The maximum atomic E-state index is 14.0. The number of nitrogens with one attached hydrogen (secondary N) is 1. The topological polar surface area (TPSA) is 39.1 Å². The summed E-state index contributed by atoms with van der Waals surface area (Å²) in [6, 6.07) is 7.99. The fraction of sp³-hybridized carbons (Fsp3) is 0.250. The highest BCUT2D eigenvalue weighted by Crippen LogP contribution is 2.23. The van der Waals surface area contributed by atoms with Gasteiger partial charge < -0.3 is 10.1 Å². The normalized spacial score (nSPS) is 12.2. The highest BCUT2D eigenvalue weighted by molar-refractivity contribution is 5.37. The van der Waals surface area contributed by atoms with Crippen LogP contribution in [-0.4, -0.2) is 16.9 Å². The van der Waals surface area contributed by atoms with Gasteiger partial charge in [-0.15, -0.1) is 0 Å². The van der Waals surface area contributed by atoms with Gasteiger partial charge in [0.05, 0.1) is 13.3 Å². The smallest absolute Gasteiger partial charge is 0.165 e. The van der Waals surface area contributed by atoms with Gasteiger partial charge in [-0.05, 0) is 43.7 Å². The molecule has 0 fully saturated rings. The Kier molecular flexibility index (Phi) is 5.51. The second-order valence-corrected chi connectivity index (χ2v) is 6.26. The van der Waals surface area contributed by atoms with Crippen molar-refractivity contribution in [1.29, 1.82) is 0 Å². The van der Waals surface area contributed by atoms with E-state index in [0.29, 0.717) is 6.54 Å². The minimum absolute atomic E-state index is 0.0849. The molecular formula is C20H20F3N3O. The Balaban J connectivity index is 1.76. The van der Waals surface area contributed by atoms with Crippen LogP contribution in [0.2, 0.25) is 0 Å². The third-order valence-electron chi connectivity index (χ3n) is 4.48. The molecule has 0 amide bonds. The Morgan fingerprint density at radius 2 is 1.89 bits per heavy atom. The molecule has 142 valence electrons. The molecule has 0 spiro atoms. The van der Waals surface area contributed by atoms with Gasteiger partial charge >= 0.3 is 0 Å². The van der Waals surface area contributed by atoms with E-state index in [1.165, 1.54) is 30.0 Å². The van der Waals surface area contributed by atoms with Crippen LogP contribution in [0.5, 0.6) is 5.75 Å². The van der Waals surface area contributed by atoms with Crippen molar-refractivity contribution in [2.75, 3.05) is 7.11 Å². The molecule has 0 saturated heterocycles. The van der Waals surface area contributed by atoms with Crippen molar-refractivity contribution in [3.05, 3.63) is 76.9 Å². The molecule has 0 bridgehead atoms. The lowest BCUT2D eigenvalue weighted by Gasteiger charge is -2.15. The van der Waals surface area contributed by atoms with E-state index in [-0.39, 0.29) is 17.5 Å². The molecule has 4 nitrogen and oxygen atoms in total. The molecule has 0 aliphatic heterocycles. The zero-order valence-corrected chi connectivity index (χ0v) is 15.3. The van der Waals surface area contributed by atoms with Crippen molar-refractivity contribution < 1.29 is 17.9 Å². The minimum atomic E-state index is -0.674. The highest BCUT2D eigenvalue weighted by atomic mass is 19.1. The summed E-state index contributed by atoms with van der Waals surface area (Å²) in [5.41, 5.74) is 2.69. The molecule has 3 aromatic rings. The first kappa shape index (κ1) is 19.0. The average Bonchev–Trinajstić information content (AvgIpc) is 3.02. The zero-order valence-electron chi connectivity index (χ0n) is 15.3. The van der Waals surface area contributed by atoms with Crippen molar-refractivity contribution in [1.82, 2.24) is 15.1 Å². The predicted octanol–water partition coefficient (Wildman–Crippen LogP) is 4.46. The van der Waals surface area contributed by atoms with Crippen LogP contribution in [0.3, 0.4) is 0 Å². The van der Waals surface area contributed by atoms with Crippen LogP contribution in [0.4, 0.5) is 13.2 Å². The molecule has 1 heterocycles. The second-order valence-electron chi connectivity index (χ2n) is 6.26. The number of halogens is 3. The van der Waals surface area contributed by atoms with Gasteiger partial charge in [-0.1, -0.05) is 6.07 Å². The number of methoxy groups -OCH3 is 1. The Hall–Kier alpha value is -2.80. The maximum absolute atomic E-state index is 14.0. The van der Waals surface area contributed by atoms with Gasteiger partial charge in [0.1, 0.15) is 11.5 Å². The summed E-state index contributed by atoms with van der Waals surface area (Å²) in [7, 11) is 1.42. The molecule has 0 unspecified atom stereocenters. The van der Waals surface area contributed by atoms with Crippen LogP contribution >= 0.6 is 0 Å². The Morgan fingerprint density at radius 3 is 2.59 bits per heavy atom. The minimum Gasteiger partial charge on any atom is -0.494 e. The van der Waals surface area contributed by atoms with E-state index in [9.17, 15) is 13.2 Å². The molecule has 0 aliphatic rings. The third kappa shape index (κ3) is 3.98. The van der Waals surface area contributed by atoms with Gasteiger partial charge in [-0.25, -0.2) is 17.9 Å². The summed E-state index contributed by atoms with van der Waals surface area (Å²) >= 11 is 0. The number of hydrogen-bond donors (Lipinski definition) is 1. The van der Waals surface area contributed by atoms with Gasteiger partial charge in [0.25, 0.3) is 0 Å². The van der Waals surface area contributed by atoms with Crippen molar-refractivity contribution in [3.63, 3.8) is 0 Å². The van der Waals surface area contributed by atoms with E-state index in [1.807, 2.05) is 13.8 Å². The van der Waals surface area contributed by atoms with Crippen molar-refractivity contribution in [2.24, 2.45) is 0 Å². The van der Waals surface area contributed by atoms with Crippen LogP contribution in [0.25, 0.3) is 5.69 Å². The third-order valence-corrected chi connectivity index (χ3v) is 4.48. The summed E-state index contributed by atoms with van der Waals surface area (Å²) in [5.74, 6) is -1.52. The van der Waals surface area contributed by atoms with Crippen molar-refractivity contribution in [3.8, 4) is 11.4 Å². The first-order valence-electron chi connectivity index (χ1n) is 8.46. The summed E-state index contributed by atoms with van der Waals surface area (Å²) in [6.45, 7) is 4.27. The lowest BCUT2D eigenvalue weighted by atomic mass is 10.1. The maximum Gasteiger partial charge on any atom is 0.165 e. The largest absolute Gasteiger partial charge is 0.494 e. The molecule has 1 N–H and O–H groups in total. The Bertz CT molecular complexity index is 956. The van der Waals surface area contributed by atoms with Gasteiger partial charge in [0.2, 0.25) is 0 Å². The molecule has 7 heteroatoms. The Labute approximate surface area is 155 Å². The molecule has 0 saturated carbocycles. The highest BCUT2D eigenvalue weighted by Gasteiger charge is 2.16. The van der Waals surface area contributed by atoms with Crippen LogP contribution in [0, 0.1) is 24.4 Å². The monoisotopic (exact) mass is 375 g/mol. The number of hydrogen-bond acceptors (Lipinski definition) is 3. The lowest BCUT2D eigenvalue weighted by molar-refractivity contribution is 0.385. The molecule has 1 atom stereocenters. The van der Waals surface area contributed by atoms with Gasteiger partial charge in [-0.3, -0.25) is 0 Å². The van der Waals surface area contributed by atoms with Crippen molar-refractivity contribution in [2.45, 2.75) is 26.4 Å². The summed E-state index contributed by atoms with van der Waals surface area (Å²) in [6.07, 6.45) is 1.65. The second kappa shape index (κ2) is 7.84. The Morgan fingerprint density at radius 1 is 1.11 bits per heavy atom. The number of ether oxygens (including phenoxy) is 1. The number of rotatable bonds is 6. The fourth-order valence-electron chi connectivity index (χ4n) is 2.94. The number of benzene rings is 2. The summed E-state index contributed by atoms with van der Waals surface area (Å²) in [5, 5.41) is 7.57. The predicted molar refractivity (Wildman–Crippen MR) is 96.4 cm³/mol. The molecule has 3 rings (SSSR count). The van der Waals surface area contributed by atoms with Crippen LogP contribution in [0.15, 0.2) is 42.6 Å². The summed E-state index contributed by atoms with van der Waals surface area (Å²) < 4.78 is 47.1. The molecule has 27 heavy (non-hydrogen) atoms. The van der Waals surface area contributed by atoms with E-state index in [0.717, 1.165) is 22.9 Å². The van der Waals surface area contributed by atoms with E-state index in [1.54, 1.807) is 18.3 Å². The molecule has 2 aromatic carbocycles. The molecular weight excluding hydrogens is 355 g/mol.